The van der Waals surface area contributed by atoms with Crippen molar-refractivity contribution in [3.8, 4) is 0 Å². The monoisotopic (exact) mass is 303 g/mol. The number of unbranched alkanes of at least 4 members (excludes halogenated alkanes) is 3. The number of benzene rings is 1. The topological polar surface area (TPSA) is 38.3 Å². The number of carbonyl (C=O) groups is 1. The second-order valence-corrected chi connectivity index (χ2v) is 5.11. The maximum absolute atomic E-state index is 11.5. The molecule has 0 atom stereocenters. The minimum absolute atomic E-state index is 0.424. The molecule has 1 N–H and O–H groups in total. The Hall–Kier alpha value is -0.930. The van der Waals surface area contributed by atoms with Gasteiger partial charge in [-0.1, -0.05) is 30.5 Å². The molecular formula is C14H19Cl2NO2. The highest BCUT2D eigenvalue weighted by Crippen LogP contribution is 2.20. The van der Waals surface area contributed by atoms with Crippen LogP contribution in [0.1, 0.15) is 31.2 Å². The summed E-state index contributed by atoms with van der Waals surface area (Å²) >= 11 is 11.5. The Labute approximate surface area is 124 Å². The number of ether oxygens (including phenoxy) is 1. The fourth-order valence-electron chi connectivity index (χ4n) is 1.54. The van der Waals surface area contributed by atoms with Crippen molar-refractivity contribution in [3.05, 3.63) is 28.8 Å². The van der Waals surface area contributed by atoms with Crippen LogP contribution in [0.4, 0.5) is 10.5 Å². The average molecular weight is 304 g/mol. The fraction of sp³-hybridized carbons (Fsp3) is 0.500. The number of rotatable bonds is 7. The first-order chi connectivity index (χ1) is 9.13. The Morgan fingerprint density at radius 2 is 2.00 bits per heavy atom. The zero-order valence-corrected chi connectivity index (χ0v) is 12.6. The second-order valence-electron chi connectivity index (χ2n) is 4.33. The van der Waals surface area contributed by atoms with Gasteiger partial charge in [-0.15, -0.1) is 11.6 Å². The molecule has 0 radical (unpaired) electrons. The van der Waals surface area contributed by atoms with Crippen molar-refractivity contribution in [1.82, 2.24) is 0 Å². The van der Waals surface area contributed by atoms with Crippen molar-refractivity contribution in [2.75, 3.05) is 17.8 Å². The predicted molar refractivity (Wildman–Crippen MR) is 80.3 cm³/mol. The zero-order chi connectivity index (χ0) is 14.1. The number of anilines is 1. The number of aryl methyl sites for hydroxylation is 1. The molecule has 0 unspecified atom stereocenters. The lowest BCUT2D eigenvalue weighted by atomic mass is 10.2. The Kier molecular flexibility index (Phi) is 7.68. The van der Waals surface area contributed by atoms with E-state index in [0.717, 1.165) is 31.2 Å². The lowest BCUT2D eigenvalue weighted by Gasteiger charge is -2.08. The molecule has 1 aromatic rings. The summed E-state index contributed by atoms with van der Waals surface area (Å²) in [4.78, 5) is 11.5. The van der Waals surface area contributed by atoms with E-state index >= 15 is 0 Å². The van der Waals surface area contributed by atoms with E-state index in [1.54, 1.807) is 12.1 Å². The third kappa shape index (κ3) is 6.69. The molecule has 106 valence electrons. The highest BCUT2D eigenvalue weighted by molar-refractivity contribution is 6.31. The molecule has 0 aliphatic rings. The number of carbonyl (C=O) groups excluding carboxylic acids is 1. The smallest absolute Gasteiger partial charge is 0.411 e. The summed E-state index contributed by atoms with van der Waals surface area (Å²) in [6.07, 6.45) is 3.52. The summed E-state index contributed by atoms with van der Waals surface area (Å²) in [7, 11) is 0. The minimum atomic E-state index is -0.447. The third-order valence-electron chi connectivity index (χ3n) is 2.68. The quantitative estimate of drug-likeness (QED) is 0.569. The number of hydrogen-bond donors (Lipinski definition) is 1. The number of amides is 1. The normalized spacial score (nSPS) is 10.3. The Morgan fingerprint density at radius 3 is 2.68 bits per heavy atom. The van der Waals surface area contributed by atoms with Crippen molar-refractivity contribution in [2.24, 2.45) is 0 Å². The molecule has 0 aliphatic carbocycles. The van der Waals surface area contributed by atoms with Crippen molar-refractivity contribution in [1.29, 1.82) is 0 Å². The summed E-state index contributed by atoms with van der Waals surface area (Å²) in [5.74, 6) is 0.690. The number of hydrogen-bond acceptors (Lipinski definition) is 2. The van der Waals surface area contributed by atoms with Crippen molar-refractivity contribution in [3.63, 3.8) is 0 Å². The first-order valence-electron chi connectivity index (χ1n) is 6.39. The van der Waals surface area contributed by atoms with Crippen LogP contribution in [0.5, 0.6) is 0 Å². The van der Waals surface area contributed by atoms with E-state index in [-0.39, 0.29) is 0 Å². The van der Waals surface area contributed by atoms with Crippen molar-refractivity contribution in [2.45, 2.75) is 32.6 Å². The first-order valence-corrected chi connectivity index (χ1v) is 7.30. The number of alkyl halides is 1. The van der Waals surface area contributed by atoms with Crippen LogP contribution >= 0.6 is 23.2 Å². The number of halogens is 2. The minimum Gasteiger partial charge on any atom is -0.449 e. The summed E-state index contributed by atoms with van der Waals surface area (Å²) in [5.41, 5.74) is 1.61. The van der Waals surface area contributed by atoms with Gasteiger partial charge in [0.1, 0.15) is 0 Å². The van der Waals surface area contributed by atoms with E-state index in [0.29, 0.717) is 23.2 Å². The van der Waals surface area contributed by atoms with Gasteiger partial charge in [-0.05, 0) is 37.5 Å². The van der Waals surface area contributed by atoms with Gasteiger partial charge in [0.2, 0.25) is 0 Å². The molecule has 1 aromatic carbocycles. The van der Waals surface area contributed by atoms with Gasteiger partial charge >= 0.3 is 6.09 Å². The predicted octanol–water partition coefficient (Wildman–Crippen LogP) is 5.00. The molecule has 0 spiro atoms. The van der Waals surface area contributed by atoms with Crippen LogP contribution in [0.15, 0.2) is 18.2 Å². The van der Waals surface area contributed by atoms with E-state index in [4.69, 9.17) is 27.9 Å². The SMILES string of the molecule is Cc1ccc(NC(=O)OCCCCCCCl)cc1Cl. The lowest BCUT2D eigenvalue weighted by Crippen LogP contribution is -2.14. The highest BCUT2D eigenvalue weighted by atomic mass is 35.5. The van der Waals surface area contributed by atoms with Gasteiger partial charge in [0, 0.05) is 16.6 Å². The lowest BCUT2D eigenvalue weighted by molar-refractivity contribution is 0.159. The van der Waals surface area contributed by atoms with Gasteiger partial charge in [-0.25, -0.2) is 4.79 Å². The van der Waals surface area contributed by atoms with Crippen LogP contribution in [-0.2, 0) is 4.74 Å². The summed E-state index contributed by atoms with van der Waals surface area (Å²) < 4.78 is 5.07. The second kappa shape index (κ2) is 9.05. The first kappa shape index (κ1) is 16.1. The molecule has 1 rings (SSSR count). The standard InChI is InChI=1S/C14H19Cl2NO2/c1-11-6-7-12(10-13(11)16)17-14(18)19-9-5-3-2-4-8-15/h6-7,10H,2-5,8-9H2,1H3,(H,17,18). The van der Waals surface area contributed by atoms with Crippen LogP contribution in [-0.4, -0.2) is 18.6 Å². The molecule has 0 fully saturated rings. The summed E-state index contributed by atoms with van der Waals surface area (Å²) in [6.45, 7) is 2.33. The molecule has 0 heterocycles. The molecule has 0 saturated carbocycles. The molecular weight excluding hydrogens is 285 g/mol. The van der Waals surface area contributed by atoms with Gasteiger partial charge < -0.3 is 4.74 Å². The van der Waals surface area contributed by atoms with Crippen LogP contribution in [0.2, 0.25) is 5.02 Å². The largest absolute Gasteiger partial charge is 0.449 e. The molecule has 0 aromatic heterocycles. The van der Waals surface area contributed by atoms with Gasteiger partial charge in [-0.3, -0.25) is 5.32 Å². The summed E-state index contributed by atoms with van der Waals surface area (Å²) in [6, 6.07) is 5.35. The van der Waals surface area contributed by atoms with Crippen molar-refractivity contribution < 1.29 is 9.53 Å². The van der Waals surface area contributed by atoms with Crippen molar-refractivity contribution >= 4 is 35.0 Å². The molecule has 1 amide bonds. The summed E-state index contributed by atoms with van der Waals surface area (Å²) in [5, 5.41) is 3.27. The van der Waals surface area contributed by atoms with Gasteiger partial charge in [-0.2, -0.15) is 0 Å². The van der Waals surface area contributed by atoms with Crippen LogP contribution in [0.25, 0.3) is 0 Å². The van der Waals surface area contributed by atoms with Crippen LogP contribution < -0.4 is 5.32 Å². The van der Waals surface area contributed by atoms with E-state index in [1.165, 1.54) is 0 Å². The zero-order valence-electron chi connectivity index (χ0n) is 11.0. The molecule has 0 aliphatic heterocycles. The van der Waals surface area contributed by atoms with E-state index < -0.39 is 6.09 Å². The highest BCUT2D eigenvalue weighted by Gasteiger charge is 2.04. The number of nitrogens with one attached hydrogen (secondary N) is 1. The Balaban J connectivity index is 2.21. The molecule has 0 saturated heterocycles. The van der Waals surface area contributed by atoms with Crippen LogP contribution in [0.3, 0.4) is 0 Å². The fourth-order valence-corrected chi connectivity index (χ4v) is 1.91. The molecule has 3 nitrogen and oxygen atoms in total. The van der Waals surface area contributed by atoms with E-state index in [1.807, 2.05) is 13.0 Å². The molecule has 19 heavy (non-hydrogen) atoms. The third-order valence-corrected chi connectivity index (χ3v) is 3.35. The maximum Gasteiger partial charge on any atom is 0.411 e. The molecule has 5 heteroatoms. The maximum atomic E-state index is 11.5. The van der Waals surface area contributed by atoms with Gasteiger partial charge in [0.15, 0.2) is 0 Å². The Bertz CT molecular complexity index is 410. The van der Waals surface area contributed by atoms with Crippen LogP contribution in [0, 0.1) is 6.92 Å². The van der Waals surface area contributed by atoms with Gasteiger partial charge in [0.05, 0.1) is 6.61 Å². The average Bonchev–Trinajstić information content (AvgIpc) is 2.38. The van der Waals surface area contributed by atoms with E-state index in [9.17, 15) is 4.79 Å². The molecule has 0 bridgehead atoms. The Morgan fingerprint density at radius 1 is 1.26 bits per heavy atom. The van der Waals surface area contributed by atoms with Gasteiger partial charge in [0.25, 0.3) is 0 Å². The van der Waals surface area contributed by atoms with E-state index in [2.05, 4.69) is 5.32 Å².